The number of hydrogen-bond acceptors (Lipinski definition) is 6. The van der Waals surface area contributed by atoms with Crippen LogP contribution in [0.4, 0.5) is 0 Å². The molecule has 0 unspecified atom stereocenters. The van der Waals surface area contributed by atoms with Crippen molar-refractivity contribution in [3.05, 3.63) is 41.9 Å². The van der Waals surface area contributed by atoms with Crippen LogP contribution >= 0.6 is 11.3 Å². The Morgan fingerprint density at radius 3 is 2.77 bits per heavy atom. The third-order valence-electron chi connectivity index (χ3n) is 5.24. The molecule has 0 spiro atoms. The van der Waals surface area contributed by atoms with Gasteiger partial charge in [0, 0.05) is 30.3 Å². The Hall–Kier alpha value is -2.18. The summed E-state index contributed by atoms with van der Waals surface area (Å²) in [7, 11) is 0. The van der Waals surface area contributed by atoms with Gasteiger partial charge in [0.2, 0.25) is 0 Å². The van der Waals surface area contributed by atoms with Crippen LogP contribution in [0.1, 0.15) is 31.5 Å². The second-order valence-corrected chi connectivity index (χ2v) is 7.86. The van der Waals surface area contributed by atoms with Gasteiger partial charge in [0.1, 0.15) is 11.6 Å². The van der Waals surface area contributed by atoms with Crippen LogP contribution < -0.4 is 0 Å². The number of carbonyl (C=O) groups excluding carboxylic acids is 1. The number of Topliss-reactive ketones (excluding diaryl/α,β-unsaturated/α-hetero) is 1. The molecule has 0 saturated heterocycles. The third-order valence-corrected chi connectivity index (χ3v) is 6.06. The number of ketones is 1. The molecule has 0 aliphatic heterocycles. The van der Waals surface area contributed by atoms with Gasteiger partial charge in [-0.15, -0.1) is 11.3 Å². The monoisotopic (exact) mass is 367 g/mol. The normalized spacial score (nSPS) is 20.3. The fourth-order valence-electron chi connectivity index (χ4n) is 3.63. The van der Waals surface area contributed by atoms with Crippen LogP contribution in [0.2, 0.25) is 0 Å². The molecule has 5 nitrogen and oxygen atoms in total. The van der Waals surface area contributed by atoms with Gasteiger partial charge in [-0.1, -0.05) is 12.1 Å². The predicted molar refractivity (Wildman–Crippen MR) is 102 cm³/mol. The predicted octanol–water partition coefficient (Wildman–Crippen LogP) is 3.66. The van der Waals surface area contributed by atoms with Crippen LogP contribution in [0.25, 0.3) is 21.3 Å². The van der Waals surface area contributed by atoms with Crippen molar-refractivity contribution in [1.29, 1.82) is 0 Å². The first-order chi connectivity index (χ1) is 12.7. The van der Waals surface area contributed by atoms with Crippen LogP contribution in [0.5, 0.6) is 0 Å². The molecule has 1 aliphatic carbocycles. The van der Waals surface area contributed by atoms with E-state index in [1.54, 1.807) is 17.5 Å². The van der Waals surface area contributed by atoms with Crippen molar-refractivity contribution >= 4 is 28.0 Å². The largest absolute Gasteiger partial charge is 0.396 e. The summed E-state index contributed by atoms with van der Waals surface area (Å²) >= 11 is 1.59. The van der Waals surface area contributed by atoms with Crippen LogP contribution in [0.3, 0.4) is 0 Å². The number of aliphatic hydroxyl groups is 1. The lowest BCUT2D eigenvalue weighted by molar-refractivity contribution is -0.123. The molecule has 0 bridgehead atoms. The van der Waals surface area contributed by atoms with Crippen molar-refractivity contribution in [2.75, 3.05) is 6.61 Å². The van der Waals surface area contributed by atoms with Crippen LogP contribution in [0.15, 0.2) is 36.1 Å². The van der Waals surface area contributed by atoms with Crippen molar-refractivity contribution in [2.24, 2.45) is 11.8 Å². The van der Waals surface area contributed by atoms with Gasteiger partial charge in [-0.25, -0.2) is 9.97 Å². The molecule has 4 rings (SSSR count). The number of aliphatic hydroxyl groups excluding tert-OH is 1. The van der Waals surface area contributed by atoms with Crippen molar-refractivity contribution in [1.82, 2.24) is 15.0 Å². The van der Waals surface area contributed by atoms with Crippen molar-refractivity contribution in [3.63, 3.8) is 0 Å². The number of benzene rings is 1. The Bertz CT molecular complexity index is 903. The van der Waals surface area contributed by atoms with Gasteiger partial charge < -0.3 is 5.11 Å². The van der Waals surface area contributed by atoms with Gasteiger partial charge in [0.05, 0.1) is 22.3 Å². The van der Waals surface area contributed by atoms with Crippen molar-refractivity contribution < 1.29 is 9.90 Å². The molecule has 0 atom stereocenters. The first kappa shape index (κ1) is 17.2. The average molecular weight is 367 g/mol. The van der Waals surface area contributed by atoms with E-state index in [4.69, 9.17) is 0 Å². The van der Waals surface area contributed by atoms with Crippen LogP contribution in [0, 0.1) is 11.8 Å². The van der Waals surface area contributed by atoms with Crippen molar-refractivity contribution in [3.8, 4) is 10.4 Å². The zero-order valence-electron chi connectivity index (χ0n) is 14.5. The maximum absolute atomic E-state index is 12.6. The number of thiazole rings is 1. The van der Waals surface area contributed by atoms with E-state index < -0.39 is 0 Å². The van der Waals surface area contributed by atoms with Gasteiger partial charge in [-0.05, 0) is 43.2 Å². The quantitative estimate of drug-likeness (QED) is 0.745. The fraction of sp³-hybridized carbons (Fsp3) is 0.400. The summed E-state index contributed by atoms with van der Waals surface area (Å²) < 4.78 is 0. The summed E-state index contributed by atoms with van der Waals surface area (Å²) in [5.74, 6) is 1.26. The SMILES string of the molecule is O=C(Cc1ncc2ccc(-c3cncs3)cc2n1)C1CCC(CO)CC1. The summed E-state index contributed by atoms with van der Waals surface area (Å²) in [6.07, 6.45) is 7.53. The molecule has 1 aromatic carbocycles. The van der Waals surface area contributed by atoms with E-state index in [0.29, 0.717) is 11.7 Å². The zero-order valence-corrected chi connectivity index (χ0v) is 15.3. The fourth-order valence-corrected chi connectivity index (χ4v) is 4.25. The lowest BCUT2D eigenvalue weighted by atomic mass is 9.80. The highest BCUT2D eigenvalue weighted by molar-refractivity contribution is 7.13. The standard InChI is InChI=1S/C20H21N3O2S/c24-11-13-1-3-14(4-2-13)18(25)8-20-22-9-16-6-5-15(7-17(16)23-20)19-10-21-12-26-19/h5-7,9-10,12-14,24H,1-4,8,11H2. The summed E-state index contributed by atoms with van der Waals surface area (Å²) in [5.41, 5.74) is 3.76. The summed E-state index contributed by atoms with van der Waals surface area (Å²) in [5, 5.41) is 10.2. The lowest BCUT2D eigenvalue weighted by Gasteiger charge is -2.26. The molecule has 3 aromatic rings. The molecule has 134 valence electrons. The molecule has 1 aliphatic rings. The Morgan fingerprint density at radius 2 is 2.04 bits per heavy atom. The Balaban J connectivity index is 1.50. The minimum atomic E-state index is 0.0839. The number of nitrogens with zero attached hydrogens (tertiary/aromatic N) is 3. The Kier molecular flexibility index (Phi) is 5.04. The molecule has 1 saturated carbocycles. The van der Waals surface area contributed by atoms with E-state index >= 15 is 0 Å². The van der Waals surface area contributed by atoms with Gasteiger partial charge in [-0.2, -0.15) is 0 Å². The van der Waals surface area contributed by atoms with E-state index in [9.17, 15) is 9.90 Å². The maximum atomic E-state index is 12.6. The summed E-state index contributed by atoms with van der Waals surface area (Å²) in [4.78, 5) is 26.8. The summed E-state index contributed by atoms with van der Waals surface area (Å²) in [6.45, 7) is 0.233. The molecule has 0 amide bonds. The Labute approximate surface area is 156 Å². The number of hydrogen-bond donors (Lipinski definition) is 1. The molecule has 2 heterocycles. The second-order valence-electron chi connectivity index (χ2n) is 6.97. The molecule has 6 heteroatoms. The highest BCUT2D eigenvalue weighted by Crippen LogP contribution is 2.30. The molecule has 0 radical (unpaired) electrons. The first-order valence-corrected chi connectivity index (χ1v) is 9.89. The van der Waals surface area contributed by atoms with E-state index in [0.717, 1.165) is 47.0 Å². The van der Waals surface area contributed by atoms with Gasteiger partial charge in [0.25, 0.3) is 0 Å². The van der Waals surface area contributed by atoms with Crippen LogP contribution in [-0.4, -0.2) is 32.4 Å². The molecular weight excluding hydrogens is 346 g/mol. The average Bonchev–Trinajstić information content (AvgIpc) is 3.22. The van der Waals surface area contributed by atoms with Gasteiger partial charge in [0.15, 0.2) is 0 Å². The van der Waals surface area contributed by atoms with E-state index in [-0.39, 0.29) is 24.7 Å². The molecule has 2 aromatic heterocycles. The molecule has 26 heavy (non-hydrogen) atoms. The van der Waals surface area contributed by atoms with E-state index in [1.165, 1.54) is 0 Å². The van der Waals surface area contributed by atoms with Gasteiger partial charge >= 0.3 is 0 Å². The lowest BCUT2D eigenvalue weighted by Crippen LogP contribution is -2.25. The van der Waals surface area contributed by atoms with Crippen LogP contribution in [-0.2, 0) is 11.2 Å². The molecule has 1 N–H and O–H groups in total. The summed E-state index contributed by atoms with van der Waals surface area (Å²) in [6, 6.07) is 6.08. The minimum Gasteiger partial charge on any atom is -0.396 e. The van der Waals surface area contributed by atoms with Gasteiger partial charge in [-0.3, -0.25) is 9.78 Å². The topological polar surface area (TPSA) is 76.0 Å². The zero-order chi connectivity index (χ0) is 17.9. The Morgan fingerprint density at radius 1 is 1.19 bits per heavy atom. The third kappa shape index (κ3) is 3.66. The number of aromatic nitrogens is 3. The minimum absolute atomic E-state index is 0.0839. The smallest absolute Gasteiger partial charge is 0.143 e. The van der Waals surface area contributed by atoms with E-state index in [2.05, 4.69) is 15.0 Å². The maximum Gasteiger partial charge on any atom is 0.143 e. The van der Waals surface area contributed by atoms with Crippen molar-refractivity contribution in [2.45, 2.75) is 32.1 Å². The molecule has 1 fully saturated rings. The highest BCUT2D eigenvalue weighted by atomic mass is 32.1. The van der Waals surface area contributed by atoms with E-state index in [1.807, 2.05) is 29.9 Å². The number of carbonyl (C=O) groups is 1. The number of fused-ring (bicyclic) bond motifs is 1. The second kappa shape index (κ2) is 7.60. The highest BCUT2D eigenvalue weighted by Gasteiger charge is 2.26. The first-order valence-electron chi connectivity index (χ1n) is 9.01. The molecular formula is C20H21N3O2S. The number of rotatable bonds is 5.